The van der Waals surface area contributed by atoms with Crippen LogP contribution in [0.3, 0.4) is 0 Å². The molecule has 0 heterocycles. The van der Waals surface area contributed by atoms with Crippen LogP contribution in [0.5, 0.6) is 5.75 Å². The molecule has 2 N–H and O–H groups in total. The van der Waals surface area contributed by atoms with Gasteiger partial charge in [-0.15, -0.1) is 0 Å². The van der Waals surface area contributed by atoms with E-state index in [-0.39, 0.29) is 12.5 Å². The number of nitrogens with one attached hydrogen (secondary N) is 1. The molecule has 1 aromatic carbocycles. The van der Waals surface area contributed by atoms with Crippen molar-refractivity contribution >= 4 is 5.91 Å². The molecular formula is C13H18FNO3. The number of aliphatic hydroxyl groups excluding tert-OH is 1. The molecule has 0 aliphatic rings. The molecule has 100 valence electrons. The van der Waals surface area contributed by atoms with Crippen molar-refractivity contribution in [3.8, 4) is 5.75 Å². The minimum atomic E-state index is -0.852. The van der Waals surface area contributed by atoms with Crippen LogP contribution in [-0.2, 0) is 4.79 Å². The van der Waals surface area contributed by atoms with E-state index in [1.807, 2.05) is 6.92 Å². The summed E-state index contributed by atoms with van der Waals surface area (Å²) in [5.41, 5.74) is 0.332. The summed E-state index contributed by atoms with van der Waals surface area (Å²) in [5, 5.41) is 12.2. The average Bonchev–Trinajstić information content (AvgIpc) is 2.34. The molecular weight excluding hydrogens is 237 g/mol. The SMILES string of the molecule is CCCNC(=O)COc1ccc(F)cc1[C@@H](C)O. The summed E-state index contributed by atoms with van der Waals surface area (Å²) in [5.74, 6) is -0.371. The highest BCUT2D eigenvalue weighted by Gasteiger charge is 2.11. The van der Waals surface area contributed by atoms with Gasteiger partial charge in [-0.1, -0.05) is 6.92 Å². The Labute approximate surface area is 106 Å². The van der Waals surface area contributed by atoms with E-state index in [0.717, 1.165) is 6.42 Å². The fraction of sp³-hybridized carbons (Fsp3) is 0.462. The van der Waals surface area contributed by atoms with Gasteiger partial charge >= 0.3 is 0 Å². The predicted octanol–water partition coefficient (Wildman–Crippen LogP) is 1.78. The van der Waals surface area contributed by atoms with Crippen LogP contribution >= 0.6 is 0 Å². The van der Waals surface area contributed by atoms with E-state index < -0.39 is 11.9 Å². The molecule has 0 unspecified atom stereocenters. The van der Waals surface area contributed by atoms with E-state index in [9.17, 15) is 14.3 Å². The zero-order chi connectivity index (χ0) is 13.5. The summed E-state index contributed by atoms with van der Waals surface area (Å²) >= 11 is 0. The molecule has 18 heavy (non-hydrogen) atoms. The first-order valence-corrected chi connectivity index (χ1v) is 5.91. The highest BCUT2D eigenvalue weighted by molar-refractivity contribution is 5.77. The number of hydrogen-bond acceptors (Lipinski definition) is 3. The van der Waals surface area contributed by atoms with Crippen molar-refractivity contribution in [2.45, 2.75) is 26.4 Å². The summed E-state index contributed by atoms with van der Waals surface area (Å²) in [7, 11) is 0. The van der Waals surface area contributed by atoms with Crippen molar-refractivity contribution in [1.29, 1.82) is 0 Å². The molecule has 0 fully saturated rings. The molecule has 0 aliphatic carbocycles. The topological polar surface area (TPSA) is 58.6 Å². The second kappa shape index (κ2) is 6.96. The fourth-order valence-corrected chi connectivity index (χ4v) is 1.44. The van der Waals surface area contributed by atoms with Gasteiger partial charge < -0.3 is 15.2 Å². The van der Waals surface area contributed by atoms with Crippen LogP contribution < -0.4 is 10.1 Å². The average molecular weight is 255 g/mol. The number of carbonyl (C=O) groups is 1. The van der Waals surface area contributed by atoms with Crippen LogP contribution in [0, 0.1) is 5.82 Å². The van der Waals surface area contributed by atoms with E-state index in [0.29, 0.717) is 17.9 Å². The van der Waals surface area contributed by atoms with Crippen molar-refractivity contribution in [3.63, 3.8) is 0 Å². The lowest BCUT2D eigenvalue weighted by Crippen LogP contribution is -2.29. The van der Waals surface area contributed by atoms with Gasteiger partial charge in [-0.25, -0.2) is 4.39 Å². The number of carbonyl (C=O) groups excluding carboxylic acids is 1. The lowest BCUT2D eigenvalue weighted by molar-refractivity contribution is -0.123. The van der Waals surface area contributed by atoms with Gasteiger partial charge in [0.05, 0.1) is 6.10 Å². The van der Waals surface area contributed by atoms with Crippen LogP contribution in [0.1, 0.15) is 31.9 Å². The van der Waals surface area contributed by atoms with Crippen LogP contribution in [0.25, 0.3) is 0 Å². The minimum absolute atomic E-state index is 0.147. The maximum absolute atomic E-state index is 13.0. The van der Waals surface area contributed by atoms with E-state index >= 15 is 0 Å². The van der Waals surface area contributed by atoms with Crippen LogP contribution in [0.15, 0.2) is 18.2 Å². The minimum Gasteiger partial charge on any atom is -0.483 e. The maximum atomic E-state index is 13.0. The first-order chi connectivity index (χ1) is 8.54. The Hall–Kier alpha value is -1.62. The van der Waals surface area contributed by atoms with Crippen molar-refractivity contribution in [1.82, 2.24) is 5.32 Å². The lowest BCUT2D eigenvalue weighted by atomic mass is 10.1. The number of benzene rings is 1. The quantitative estimate of drug-likeness (QED) is 0.814. The van der Waals surface area contributed by atoms with Crippen molar-refractivity contribution in [3.05, 3.63) is 29.6 Å². The molecule has 1 rings (SSSR count). The third kappa shape index (κ3) is 4.33. The van der Waals surface area contributed by atoms with Gasteiger partial charge in [0.2, 0.25) is 0 Å². The van der Waals surface area contributed by atoms with Crippen molar-refractivity contribution < 1.29 is 19.0 Å². The zero-order valence-electron chi connectivity index (χ0n) is 10.6. The molecule has 0 aromatic heterocycles. The van der Waals surface area contributed by atoms with E-state index in [4.69, 9.17) is 4.74 Å². The Morgan fingerprint density at radius 1 is 1.56 bits per heavy atom. The summed E-state index contributed by atoms with van der Waals surface area (Å²) in [4.78, 5) is 11.4. The number of aliphatic hydroxyl groups is 1. The molecule has 0 saturated heterocycles. The monoisotopic (exact) mass is 255 g/mol. The molecule has 0 bridgehead atoms. The molecule has 0 radical (unpaired) electrons. The number of ether oxygens (including phenoxy) is 1. The molecule has 5 heteroatoms. The Morgan fingerprint density at radius 3 is 2.89 bits per heavy atom. The Kier molecular flexibility index (Phi) is 5.58. The number of halogens is 1. The van der Waals surface area contributed by atoms with E-state index in [1.165, 1.54) is 25.1 Å². The van der Waals surface area contributed by atoms with E-state index in [2.05, 4.69) is 5.32 Å². The fourth-order valence-electron chi connectivity index (χ4n) is 1.44. The second-order valence-electron chi connectivity index (χ2n) is 4.00. The van der Waals surface area contributed by atoms with Crippen LogP contribution in [-0.4, -0.2) is 24.2 Å². The normalized spacial score (nSPS) is 12.0. The molecule has 1 amide bonds. The van der Waals surface area contributed by atoms with Gasteiger partial charge in [0, 0.05) is 12.1 Å². The predicted molar refractivity (Wildman–Crippen MR) is 65.8 cm³/mol. The summed E-state index contributed by atoms with van der Waals surface area (Å²) in [6, 6.07) is 3.83. The van der Waals surface area contributed by atoms with Gasteiger partial charge in [-0.3, -0.25) is 4.79 Å². The van der Waals surface area contributed by atoms with Gasteiger partial charge in [0.1, 0.15) is 11.6 Å². The summed E-state index contributed by atoms with van der Waals surface area (Å²) < 4.78 is 18.3. The Bertz CT molecular complexity index is 407. The highest BCUT2D eigenvalue weighted by Crippen LogP contribution is 2.25. The summed E-state index contributed by atoms with van der Waals surface area (Å²) in [6.07, 6.45) is -0.00398. The van der Waals surface area contributed by atoms with Gasteiger partial charge in [0.25, 0.3) is 5.91 Å². The molecule has 0 spiro atoms. The molecule has 0 aliphatic heterocycles. The van der Waals surface area contributed by atoms with Gasteiger partial charge in [0.15, 0.2) is 6.61 Å². The highest BCUT2D eigenvalue weighted by atomic mass is 19.1. The van der Waals surface area contributed by atoms with Gasteiger partial charge in [-0.2, -0.15) is 0 Å². The molecule has 1 aromatic rings. The van der Waals surface area contributed by atoms with E-state index in [1.54, 1.807) is 0 Å². The molecule has 4 nitrogen and oxygen atoms in total. The largest absolute Gasteiger partial charge is 0.483 e. The molecule has 0 saturated carbocycles. The van der Waals surface area contributed by atoms with Crippen molar-refractivity contribution in [2.24, 2.45) is 0 Å². The van der Waals surface area contributed by atoms with Crippen molar-refractivity contribution in [2.75, 3.05) is 13.2 Å². The lowest BCUT2D eigenvalue weighted by Gasteiger charge is -2.13. The third-order valence-electron chi connectivity index (χ3n) is 2.35. The Balaban J connectivity index is 2.64. The third-order valence-corrected chi connectivity index (χ3v) is 2.35. The van der Waals surface area contributed by atoms with Crippen LogP contribution in [0.4, 0.5) is 4.39 Å². The van der Waals surface area contributed by atoms with Crippen LogP contribution in [0.2, 0.25) is 0 Å². The first-order valence-electron chi connectivity index (χ1n) is 5.91. The first kappa shape index (κ1) is 14.4. The smallest absolute Gasteiger partial charge is 0.257 e. The number of amides is 1. The van der Waals surface area contributed by atoms with Gasteiger partial charge in [-0.05, 0) is 31.5 Å². The standard InChI is InChI=1S/C13H18FNO3/c1-3-6-15-13(17)8-18-12-5-4-10(14)7-11(12)9(2)16/h4-5,7,9,16H,3,6,8H2,1-2H3,(H,15,17)/t9-/m1/s1. The second-order valence-corrected chi connectivity index (χ2v) is 4.00. The number of rotatable bonds is 6. The zero-order valence-corrected chi connectivity index (χ0v) is 10.6. The maximum Gasteiger partial charge on any atom is 0.257 e. The summed E-state index contributed by atoms with van der Waals surface area (Å²) in [6.45, 7) is 3.91. The number of hydrogen-bond donors (Lipinski definition) is 2. The Morgan fingerprint density at radius 2 is 2.28 bits per heavy atom. The molecule has 1 atom stereocenters.